The van der Waals surface area contributed by atoms with Gasteiger partial charge in [-0.3, -0.25) is 4.79 Å². The van der Waals surface area contributed by atoms with Gasteiger partial charge >= 0.3 is 0 Å². The summed E-state index contributed by atoms with van der Waals surface area (Å²) in [5, 5.41) is 2.97. The monoisotopic (exact) mass is 398 g/mol. The molecular formula is C22H30N4O3. The highest BCUT2D eigenvalue weighted by atomic mass is 16.5. The molecule has 0 saturated carbocycles. The van der Waals surface area contributed by atoms with Crippen molar-refractivity contribution in [3.63, 3.8) is 0 Å². The molecule has 7 nitrogen and oxygen atoms in total. The van der Waals surface area contributed by atoms with Gasteiger partial charge in [0, 0.05) is 45.3 Å². The quantitative estimate of drug-likeness (QED) is 0.735. The molecule has 2 heterocycles. The molecule has 29 heavy (non-hydrogen) atoms. The average Bonchev–Trinajstić information content (AvgIpc) is 2.77. The Morgan fingerprint density at radius 3 is 2.41 bits per heavy atom. The van der Waals surface area contributed by atoms with E-state index in [0.717, 1.165) is 43.1 Å². The van der Waals surface area contributed by atoms with Crippen LogP contribution in [0.2, 0.25) is 0 Å². The number of nitrogens with zero attached hydrogens (tertiary/aromatic N) is 3. The van der Waals surface area contributed by atoms with Crippen LogP contribution in [0, 0.1) is 0 Å². The molecule has 0 atom stereocenters. The number of rotatable bonds is 8. The Labute approximate surface area is 172 Å². The van der Waals surface area contributed by atoms with Crippen LogP contribution in [0.15, 0.2) is 36.5 Å². The van der Waals surface area contributed by atoms with Crippen LogP contribution in [-0.4, -0.2) is 63.2 Å². The van der Waals surface area contributed by atoms with Gasteiger partial charge in [0.2, 0.25) is 5.91 Å². The van der Waals surface area contributed by atoms with Crippen LogP contribution in [0.3, 0.4) is 0 Å². The first-order chi connectivity index (χ1) is 14.1. The van der Waals surface area contributed by atoms with E-state index in [1.807, 2.05) is 36.5 Å². The Hall–Kier alpha value is -2.80. The highest BCUT2D eigenvalue weighted by molar-refractivity contribution is 5.76. The number of piperazine rings is 1. The Balaban J connectivity index is 1.44. The third kappa shape index (κ3) is 5.84. The van der Waals surface area contributed by atoms with Gasteiger partial charge in [-0.15, -0.1) is 0 Å². The maximum Gasteiger partial charge on any atom is 0.220 e. The first-order valence-corrected chi connectivity index (χ1v) is 9.95. The summed E-state index contributed by atoms with van der Waals surface area (Å²) in [5.41, 5.74) is 2.04. The zero-order valence-electron chi connectivity index (χ0n) is 17.5. The van der Waals surface area contributed by atoms with Gasteiger partial charge in [-0.05, 0) is 42.8 Å². The fraction of sp³-hybridized carbons (Fsp3) is 0.455. The maximum atomic E-state index is 12.2. The lowest BCUT2D eigenvalue weighted by molar-refractivity contribution is -0.121. The first-order valence-electron chi connectivity index (χ1n) is 9.95. The molecule has 1 N–H and O–H groups in total. The standard InChI is InChI=1S/C22H30N4O3/c1-25-10-12-26(13-11-25)21-8-5-18(15-23-21)16-24-22(27)9-6-17-4-7-19(28-2)20(14-17)29-3/h4-5,7-8,14-15H,6,9-13,16H2,1-3H3,(H,24,27). The number of ether oxygens (including phenoxy) is 2. The zero-order chi connectivity index (χ0) is 20.6. The van der Waals surface area contributed by atoms with E-state index in [1.54, 1.807) is 14.2 Å². The number of likely N-dealkylation sites (N-methyl/N-ethyl adjacent to an activating group) is 1. The van der Waals surface area contributed by atoms with Gasteiger partial charge in [0.05, 0.1) is 14.2 Å². The van der Waals surface area contributed by atoms with E-state index in [4.69, 9.17) is 9.47 Å². The average molecular weight is 399 g/mol. The SMILES string of the molecule is COc1ccc(CCC(=O)NCc2ccc(N3CCN(C)CC3)nc2)cc1OC. The number of benzene rings is 1. The number of aryl methyl sites for hydroxylation is 1. The van der Waals surface area contributed by atoms with E-state index < -0.39 is 0 Å². The molecule has 1 aromatic carbocycles. The van der Waals surface area contributed by atoms with Crippen molar-refractivity contribution < 1.29 is 14.3 Å². The lowest BCUT2D eigenvalue weighted by Crippen LogP contribution is -2.44. The summed E-state index contributed by atoms with van der Waals surface area (Å²) in [6.45, 7) is 4.59. The summed E-state index contributed by atoms with van der Waals surface area (Å²) < 4.78 is 10.6. The molecule has 1 fully saturated rings. The molecule has 0 radical (unpaired) electrons. The summed E-state index contributed by atoms with van der Waals surface area (Å²) in [5.74, 6) is 2.38. The predicted molar refractivity (Wildman–Crippen MR) is 114 cm³/mol. The van der Waals surface area contributed by atoms with Gasteiger partial charge < -0.3 is 24.6 Å². The molecule has 0 bridgehead atoms. The number of aromatic nitrogens is 1. The summed E-state index contributed by atoms with van der Waals surface area (Å²) in [7, 11) is 5.36. The van der Waals surface area contributed by atoms with Crippen molar-refractivity contribution in [3.05, 3.63) is 47.7 Å². The second-order valence-electron chi connectivity index (χ2n) is 7.28. The van der Waals surface area contributed by atoms with Crippen molar-refractivity contribution in [1.82, 2.24) is 15.2 Å². The largest absolute Gasteiger partial charge is 0.493 e. The molecule has 3 rings (SSSR count). The number of anilines is 1. The van der Waals surface area contributed by atoms with Crippen molar-refractivity contribution >= 4 is 11.7 Å². The lowest BCUT2D eigenvalue weighted by atomic mass is 10.1. The molecule has 0 aliphatic carbocycles. The smallest absolute Gasteiger partial charge is 0.220 e. The number of pyridine rings is 1. The van der Waals surface area contributed by atoms with Crippen molar-refractivity contribution in [2.75, 3.05) is 52.3 Å². The van der Waals surface area contributed by atoms with Gasteiger partial charge in [0.25, 0.3) is 0 Å². The van der Waals surface area contributed by atoms with E-state index in [-0.39, 0.29) is 5.91 Å². The number of carbonyl (C=O) groups is 1. The number of hydrogen-bond donors (Lipinski definition) is 1. The minimum Gasteiger partial charge on any atom is -0.493 e. The summed E-state index contributed by atoms with van der Waals surface area (Å²) >= 11 is 0. The summed E-state index contributed by atoms with van der Waals surface area (Å²) in [6.07, 6.45) is 2.91. The minimum absolute atomic E-state index is 0.0166. The van der Waals surface area contributed by atoms with Crippen LogP contribution in [0.1, 0.15) is 17.5 Å². The summed E-state index contributed by atoms with van der Waals surface area (Å²) in [4.78, 5) is 21.4. The number of methoxy groups -OCH3 is 2. The van der Waals surface area contributed by atoms with Crippen molar-refractivity contribution in [2.24, 2.45) is 0 Å². The van der Waals surface area contributed by atoms with E-state index in [9.17, 15) is 4.79 Å². The number of nitrogens with one attached hydrogen (secondary N) is 1. The van der Waals surface area contributed by atoms with Crippen LogP contribution >= 0.6 is 0 Å². The van der Waals surface area contributed by atoms with Crippen LogP contribution in [-0.2, 0) is 17.8 Å². The normalized spacial score (nSPS) is 14.5. The van der Waals surface area contributed by atoms with E-state index >= 15 is 0 Å². The fourth-order valence-corrected chi connectivity index (χ4v) is 3.33. The van der Waals surface area contributed by atoms with E-state index in [0.29, 0.717) is 30.9 Å². The van der Waals surface area contributed by atoms with Gasteiger partial charge in [0.15, 0.2) is 11.5 Å². The topological polar surface area (TPSA) is 66.9 Å². The Morgan fingerprint density at radius 2 is 1.76 bits per heavy atom. The molecule has 1 aliphatic heterocycles. The number of carbonyl (C=O) groups excluding carboxylic acids is 1. The van der Waals surface area contributed by atoms with Crippen LogP contribution in [0.25, 0.3) is 0 Å². The summed E-state index contributed by atoms with van der Waals surface area (Å²) in [6, 6.07) is 9.80. The molecule has 0 spiro atoms. The molecule has 2 aromatic rings. The number of amides is 1. The molecule has 1 saturated heterocycles. The Kier molecular flexibility index (Phi) is 7.30. The molecule has 0 unspecified atom stereocenters. The van der Waals surface area contributed by atoms with Crippen LogP contribution in [0.4, 0.5) is 5.82 Å². The van der Waals surface area contributed by atoms with Crippen molar-refractivity contribution in [3.8, 4) is 11.5 Å². The molecule has 1 aliphatic rings. The second kappa shape index (κ2) is 10.1. The van der Waals surface area contributed by atoms with Crippen LogP contribution in [0.5, 0.6) is 11.5 Å². The van der Waals surface area contributed by atoms with Crippen LogP contribution < -0.4 is 19.7 Å². The molecule has 156 valence electrons. The fourth-order valence-electron chi connectivity index (χ4n) is 3.33. The van der Waals surface area contributed by atoms with Gasteiger partial charge in [-0.2, -0.15) is 0 Å². The first kappa shape index (κ1) is 20.9. The van der Waals surface area contributed by atoms with Gasteiger partial charge in [-0.1, -0.05) is 12.1 Å². The number of hydrogen-bond acceptors (Lipinski definition) is 6. The molecule has 1 amide bonds. The van der Waals surface area contributed by atoms with Gasteiger partial charge in [0.1, 0.15) is 5.82 Å². The Morgan fingerprint density at radius 1 is 1.03 bits per heavy atom. The van der Waals surface area contributed by atoms with Crippen molar-refractivity contribution in [1.29, 1.82) is 0 Å². The van der Waals surface area contributed by atoms with E-state index in [1.165, 1.54) is 0 Å². The zero-order valence-corrected chi connectivity index (χ0v) is 17.5. The highest BCUT2D eigenvalue weighted by Gasteiger charge is 2.15. The third-order valence-corrected chi connectivity index (χ3v) is 5.21. The lowest BCUT2D eigenvalue weighted by Gasteiger charge is -2.33. The highest BCUT2D eigenvalue weighted by Crippen LogP contribution is 2.27. The molecule has 1 aromatic heterocycles. The molecule has 7 heteroatoms. The molecular weight excluding hydrogens is 368 g/mol. The maximum absolute atomic E-state index is 12.2. The van der Waals surface area contributed by atoms with Gasteiger partial charge in [-0.25, -0.2) is 4.98 Å². The van der Waals surface area contributed by atoms with Crippen molar-refractivity contribution in [2.45, 2.75) is 19.4 Å². The Bertz CT molecular complexity index is 802. The minimum atomic E-state index is 0.0166. The van der Waals surface area contributed by atoms with E-state index in [2.05, 4.69) is 27.1 Å². The second-order valence-corrected chi connectivity index (χ2v) is 7.28. The third-order valence-electron chi connectivity index (χ3n) is 5.21. The predicted octanol–water partition coefficient (Wildman–Crippen LogP) is 2.10.